The number of aliphatic carboxylic acids is 1. The van der Waals surface area contributed by atoms with Gasteiger partial charge in [-0.15, -0.1) is 11.3 Å². The second-order valence-electron chi connectivity index (χ2n) is 10.6. The predicted octanol–water partition coefficient (Wildman–Crippen LogP) is 7.61. The van der Waals surface area contributed by atoms with Crippen LogP contribution in [0.4, 0.5) is 0 Å². The minimum Gasteiger partial charge on any atom is -0.479 e. The lowest BCUT2D eigenvalue weighted by molar-refractivity contribution is -0.160. The molecule has 1 atom stereocenters. The number of carbonyl (C=O) groups is 1. The Morgan fingerprint density at radius 2 is 2.03 bits per heavy atom. The van der Waals surface area contributed by atoms with Crippen molar-refractivity contribution in [3.05, 3.63) is 46.0 Å². The lowest BCUT2D eigenvalue weighted by Gasteiger charge is -2.30. The fourth-order valence-electron chi connectivity index (χ4n) is 4.26. The van der Waals surface area contributed by atoms with E-state index in [2.05, 4.69) is 39.0 Å². The van der Waals surface area contributed by atoms with E-state index in [-0.39, 0.29) is 5.41 Å². The van der Waals surface area contributed by atoms with Gasteiger partial charge in [0.2, 0.25) is 0 Å². The number of aryl methyl sites for hydroxylation is 2. The van der Waals surface area contributed by atoms with Crippen LogP contribution >= 0.6 is 11.3 Å². The molecule has 5 heteroatoms. The molecular formula is C27H37NO3S. The van der Waals surface area contributed by atoms with Crippen molar-refractivity contribution in [3.63, 3.8) is 0 Å². The number of aromatic nitrogens is 1. The summed E-state index contributed by atoms with van der Waals surface area (Å²) in [6, 6.07) is 4.22. The molecule has 0 aliphatic heterocycles. The third-order valence-electron chi connectivity index (χ3n) is 5.98. The van der Waals surface area contributed by atoms with Gasteiger partial charge in [-0.25, -0.2) is 4.79 Å². The van der Waals surface area contributed by atoms with Gasteiger partial charge in [0.15, 0.2) is 6.10 Å². The van der Waals surface area contributed by atoms with Crippen LogP contribution < -0.4 is 0 Å². The van der Waals surface area contributed by atoms with Crippen LogP contribution in [0.5, 0.6) is 0 Å². The standard InChI is InChI=1S/C27H37NO3S/c1-8-9-18-10-11-20(28-16-18)24-22(19-12-14-27(6,7)15-13-19)21(17(2)32-24)23(25(29)30)31-26(3,4)5/h10-12,16,23H,8-9,13-15H2,1-7H3,(H,29,30). The average molecular weight is 456 g/mol. The summed E-state index contributed by atoms with van der Waals surface area (Å²) in [5.74, 6) is -0.948. The molecule has 32 heavy (non-hydrogen) atoms. The van der Waals surface area contributed by atoms with Crippen LogP contribution in [0.1, 0.15) is 94.9 Å². The van der Waals surface area contributed by atoms with Gasteiger partial charge < -0.3 is 9.84 Å². The Bertz CT molecular complexity index is 993. The number of carboxylic acid groups (broad SMARTS) is 1. The van der Waals surface area contributed by atoms with E-state index in [1.54, 1.807) is 11.3 Å². The Hall–Kier alpha value is -1.98. The van der Waals surface area contributed by atoms with E-state index in [4.69, 9.17) is 9.72 Å². The summed E-state index contributed by atoms with van der Waals surface area (Å²) in [4.78, 5) is 19.2. The number of ether oxygens (including phenoxy) is 1. The highest BCUT2D eigenvalue weighted by molar-refractivity contribution is 7.16. The number of allylic oxidation sites excluding steroid dienone is 2. The van der Waals surface area contributed by atoms with Gasteiger partial charge >= 0.3 is 5.97 Å². The van der Waals surface area contributed by atoms with Gasteiger partial charge in [-0.1, -0.05) is 39.3 Å². The number of thiophene rings is 1. The fourth-order valence-corrected chi connectivity index (χ4v) is 5.45. The number of hydrogen-bond donors (Lipinski definition) is 1. The SMILES string of the molecule is CCCc1ccc(-c2sc(C)c(C(OC(C)(C)C)C(=O)O)c2C2=CCC(C)(C)CC2)nc1. The third kappa shape index (κ3) is 5.68. The molecule has 3 rings (SSSR count). The molecule has 2 aromatic heterocycles. The largest absolute Gasteiger partial charge is 0.479 e. The number of nitrogens with zero attached hydrogens (tertiary/aromatic N) is 1. The molecule has 1 aliphatic carbocycles. The summed E-state index contributed by atoms with van der Waals surface area (Å²) in [5, 5.41) is 10.1. The molecule has 0 spiro atoms. The summed E-state index contributed by atoms with van der Waals surface area (Å²) in [5.41, 5.74) is 4.87. The lowest BCUT2D eigenvalue weighted by Crippen LogP contribution is -2.28. The van der Waals surface area contributed by atoms with Gasteiger partial charge in [-0.2, -0.15) is 0 Å². The lowest BCUT2D eigenvalue weighted by atomic mass is 9.76. The molecule has 1 N–H and O–H groups in total. The molecule has 1 aliphatic rings. The van der Waals surface area contributed by atoms with Gasteiger partial charge in [-0.05, 0) is 76.0 Å². The Balaban J connectivity index is 2.19. The van der Waals surface area contributed by atoms with Gasteiger partial charge in [0.25, 0.3) is 0 Å². The minimum atomic E-state index is -1.01. The van der Waals surface area contributed by atoms with Crippen molar-refractivity contribution in [1.82, 2.24) is 4.98 Å². The molecule has 1 unspecified atom stereocenters. The van der Waals surface area contributed by atoms with E-state index in [0.717, 1.165) is 58.7 Å². The van der Waals surface area contributed by atoms with Gasteiger partial charge in [0.05, 0.1) is 16.2 Å². The van der Waals surface area contributed by atoms with E-state index in [1.165, 1.54) is 11.1 Å². The van der Waals surface area contributed by atoms with Gasteiger partial charge in [-0.3, -0.25) is 4.98 Å². The highest BCUT2D eigenvalue weighted by atomic mass is 32.1. The zero-order chi connectivity index (χ0) is 23.7. The topological polar surface area (TPSA) is 59.4 Å². The van der Waals surface area contributed by atoms with Crippen molar-refractivity contribution < 1.29 is 14.6 Å². The first-order valence-corrected chi connectivity index (χ1v) is 12.4. The van der Waals surface area contributed by atoms with E-state index in [0.29, 0.717) is 0 Å². The van der Waals surface area contributed by atoms with E-state index >= 15 is 0 Å². The molecule has 0 amide bonds. The molecular weight excluding hydrogens is 418 g/mol. The predicted molar refractivity (Wildman–Crippen MR) is 133 cm³/mol. The first-order chi connectivity index (χ1) is 14.9. The van der Waals surface area contributed by atoms with Crippen LogP contribution in [-0.2, 0) is 16.0 Å². The van der Waals surface area contributed by atoms with Crippen molar-refractivity contribution >= 4 is 22.9 Å². The molecule has 0 saturated carbocycles. The molecule has 0 aromatic carbocycles. The van der Waals surface area contributed by atoms with Gasteiger partial charge in [0, 0.05) is 22.2 Å². The van der Waals surface area contributed by atoms with Crippen LogP contribution in [0.15, 0.2) is 24.4 Å². The van der Waals surface area contributed by atoms with Crippen molar-refractivity contribution in [2.24, 2.45) is 5.41 Å². The molecule has 0 saturated heterocycles. The average Bonchev–Trinajstić information content (AvgIpc) is 3.03. The Labute approximate surface area is 196 Å². The van der Waals surface area contributed by atoms with Crippen molar-refractivity contribution in [3.8, 4) is 10.6 Å². The Morgan fingerprint density at radius 3 is 2.53 bits per heavy atom. The maximum absolute atomic E-state index is 12.4. The van der Waals surface area contributed by atoms with Crippen LogP contribution in [0, 0.1) is 12.3 Å². The number of hydrogen-bond acceptors (Lipinski definition) is 4. The number of rotatable bonds is 7. The van der Waals surface area contributed by atoms with Gasteiger partial charge in [0.1, 0.15) is 0 Å². The summed E-state index contributed by atoms with van der Waals surface area (Å²) in [6.07, 6.45) is 8.33. The maximum Gasteiger partial charge on any atom is 0.337 e. The van der Waals surface area contributed by atoms with Crippen LogP contribution in [0.25, 0.3) is 16.1 Å². The molecule has 4 nitrogen and oxygen atoms in total. The zero-order valence-electron chi connectivity index (χ0n) is 20.5. The maximum atomic E-state index is 12.4. The number of carboxylic acids is 1. The zero-order valence-corrected chi connectivity index (χ0v) is 21.4. The highest BCUT2D eigenvalue weighted by Crippen LogP contribution is 2.48. The second kappa shape index (κ2) is 9.48. The van der Waals surface area contributed by atoms with Crippen LogP contribution in [0.3, 0.4) is 0 Å². The smallest absolute Gasteiger partial charge is 0.337 e. The summed E-state index contributed by atoms with van der Waals surface area (Å²) in [7, 11) is 0. The number of pyridine rings is 1. The van der Waals surface area contributed by atoms with E-state index in [9.17, 15) is 9.90 Å². The molecule has 0 bridgehead atoms. The monoisotopic (exact) mass is 455 g/mol. The highest BCUT2D eigenvalue weighted by Gasteiger charge is 2.35. The van der Waals surface area contributed by atoms with Crippen LogP contribution in [0.2, 0.25) is 0 Å². The van der Waals surface area contributed by atoms with Crippen molar-refractivity contribution in [2.75, 3.05) is 0 Å². The minimum absolute atomic E-state index is 0.267. The first-order valence-electron chi connectivity index (χ1n) is 11.6. The Morgan fingerprint density at radius 1 is 1.31 bits per heavy atom. The molecule has 0 fully saturated rings. The first kappa shape index (κ1) is 24.7. The summed E-state index contributed by atoms with van der Waals surface area (Å²) < 4.78 is 6.10. The Kier molecular flexibility index (Phi) is 7.31. The van der Waals surface area contributed by atoms with Crippen molar-refractivity contribution in [2.45, 2.75) is 92.3 Å². The molecule has 2 aromatic rings. The molecule has 0 radical (unpaired) electrons. The molecule has 174 valence electrons. The van der Waals surface area contributed by atoms with E-state index in [1.807, 2.05) is 33.9 Å². The van der Waals surface area contributed by atoms with Crippen LogP contribution in [-0.4, -0.2) is 21.7 Å². The second-order valence-corrected chi connectivity index (χ2v) is 11.8. The molecule has 2 heterocycles. The summed E-state index contributed by atoms with van der Waals surface area (Å²) >= 11 is 1.63. The normalized spacial score (nSPS) is 17.2. The van der Waals surface area contributed by atoms with Crippen molar-refractivity contribution in [1.29, 1.82) is 0 Å². The fraction of sp³-hybridized carbons (Fsp3) is 0.556. The quantitative estimate of drug-likeness (QED) is 0.467. The van der Waals surface area contributed by atoms with E-state index < -0.39 is 17.7 Å². The third-order valence-corrected chi connectivity index (χ3v) is 7.12. The summed E-state index contributed by atoms with van der Waals surface area (Å²) in [6.45, 7) is 14.5.